The van der Waals surface area contributed by atoms with Crippen LogP contribution in [0.5, 0.6) is 0 Å². The standard InChI is InChI=1S/C17H24N4/c1-12-9-14(3)20-17(16(12)10-18-4)21(5)11-15-8-6-7-13(2)19-15/h6-9,18H,10-11H2,1-5H3. The number of nitrogens with one attached hydrogen (secondary N) is 1. The van der Waals surface area contributed by atoms with Gasteiger partial charge in [0.25, 0.3) is 0 Å². The van der Waals surface area contributed by atoms with Crippen molar-refractivity contribution in [3.05, 3.63) is 52.5 Å². The zero-order valence-corrected chi connectivity index (χ0v) is 13.6. The number of aromatic nitrogens is 2. The third-order valence-corrected chi connectivity index (χ3v) is 3.51. The number of nitrogens with zero attached hydrogens (tertiary/aromatic N) is 3. The lowest BCUT2D eigenvalue weighted by atomic mass is 10.1. The van der Waals surface area contributed by atoms with Crippen LogP contribution in [-0.2, 0) is 13.1 Å². The number of pyridine rings is 2. The van der Waals surface area contributed by atoms with Gasteiger partial charge in [0.1, 0.15) is 5.82 Å². The first-order valence-corrected chi connectivity index (χ1v) is 7.26. The molecule has 21 heavy (non-hydrogen) atoms. The maximum Gasteiger partial charge on any atom is 0.133 e. The van der Waals surface area contributed by atoms with Crippen LogP contribution in [-0.4, -0.2) is 24.1 Å². The number of anilines is 1. The van der Waals surface area contributed by atoms with E-state index in [4.69, 9.17) is 4.98 Å². The topological polar surface area (TPSA) is 41.1 Å². The van der Waals surface area contributed by atoms with E-state index in [-0.39, 0.29) is 0 Å². The van der Waals surface area contributed by atoms with E-state index in [1.807, 2.05) is 27.0 Å². The third-order valence-electron chi connectivity index (χ3n) is 3.51. The summed E-state index contributed by atoms with van der Waals surface area (Å²) in [6.07, 6.45) is 0. The zero-order valence-electron chi connectivity index (χ0n) is 13.6. The van der Waals surface area contributed by atoms with Crippen LogP contribution in [0.4, 0.5) is 5.82 Å². The molecule has 0 aliphatic carbocycles. The minimum absolute atomic E-state index is 0.758. The molecule has 0 saturated carbocycles. The van der Waals surface area contributed by atoms with E-state index in [1.54, 1.807) is 0 Å². The Labute approximate surface area is 127 Å². The Morgan fingerprint density at radius 3 is 2.52 bits per heavy atom. The number of hydrogen-bond acceptors (Lipinski definition) is 4. The second-order valence-electron chi connectivity index (χ2n) is 5.54. The van der Waals surface area contributed by atoms with Crippen LogP contribution < -0.4 is 10.2 Å². The maximum atomic E-state index is 4.73. The van der Waals surface area contributed by atoms with Gasteiger partial charge in [-0.05, 0) is 51.6 Å². The van der Waals surface area contributed by atoms with Crippen molar-refractivity contribution in [2.24, 2.45) is 0 Å². The van der Waals surface area contributed by atoms with Crippen molar-refractivity contribution in [2.45, 2.75) is 33.9 Å². The molecule has 0 atom stereocenters. The fourth-order valence-electron chi connectivity index (χ4n) is 2.56. The first-order chi connectivity index (χ1) is 10.0. The molecule has 2 rings (SSSR count). The summed E-state index contributed by atoms with van der Waals surface area (Å²) in [6, 6.07) is 8.26. The van der Waals surface area contributed by atoms with Gasteiger partial charge in [-0.2, -0.15) is 0 Å². The molecular weight excluding hydrogens is 260 g/mol. The summed E-state index contributed by atoms with van der Waals surface area (Å²) in [5.41, 5.74) is 5.68. The van der Waals surface area contributed by atoms with Crippen LogP contribution in [0.25, 0.3) is 0 Å². The minimum atomic E-state index is 0.758. The number of rotatable bonds is 5. The quantitative estimate of drug-likeness (QED) is 0.916. The van der Waals surface area contributed by atoms with Crippen molar-refractivity contribution in [3.63, 3.8) is 0 Å². The highest BCUT2D eigenvalue weighted by Gasteiger charge is 2.13. The van der Waals surface area contributed by atoms with Crippen molar-refractivity contribution < 1.29 is 0 Å². The Hall–Kier alpha value is -1.94. The Morgan fingerprint density at radius 1 is 1.10 bits per heavy atom. The molecule has 0 unspecified atom stereocenters. The number of aryl methyl sites for hydroxylation is 3. The first kappa shape index (κ1) is 15.4. The molecule has 2 aromatic rings. The summed E-state index contributed by atoms with van der Waals surface area (Å²) >= 11 is 0. The van der Waals surface area contributed by atoms with Gasteiger partial charge in [-0.3, -0.25) is 4.98 Å². The monoisotopic (exact) mass is 284 g/mol. The molecule has 0 amide bonds. The Bertz CT molecular complexity index is 622. The summed E-state index contributed by atoms with van der Waals surface area (Å²) in [4.78, 5) is 11.5. The van der Waals surface area contributed by atoms with E-state index in [2.05, 4.69) is 47.4 Å². The summed E-state index contributed by atoms with van der Waals surface area (Å²) in [5, 5.41) is 3.23. The fourth-order valence-corrected chi connectivity index (χ4v) is 2.56. The van der Waals surface area contributed by atoms with E-state index in [9.17, 15) is 0 Å². The SMILES string of the molecule is CNCc1c(C)cc(C)nc1N(C)Cc1cccc(C)n1. The second-order valence-corrected chi connectivity index (χ2v) is 5.54. The molecule has 4 nitrogen and oxygen atoms in total. The Morgan fingerprint density at radius 2 is 1.86 bits per heavy atom. The average molecular weight is 284 g/mol. The van der Waals surface area contributed by atoms with Crippen LogP contribution >= 0.6 is 0 Å². The predicted molar refractivity (Wildman–Crippen MR) is 87.6 cm³/mol. The maximum absolute atomic E-state index is 4.73. The van der Waals surface area contributed by atoms with Crippen molar-refractivity contribution in [3.8, 4) is 0 Å². The van der Waals surface area contributed by atoms with Gasteiger partial charge in [0.15, 0.2) is 0 Å². The highest BCUT2D eigenvalue weighted by Crippen LogP contribution is 2.22. The average Bonchev–Trinajstić information content (AvgIpc) is 2.41. The summed E-state index contributed by atoms with van der Waals surface area (Å²) < 4.78 is 0. The molecule has 0 spiro atoms. The fraction of sp³-hybridized carbons (Fsp3) is 0.412. The molecule has 4 heteroatoms. The van der Waals surface area contributed by atoms with Gasteiger partial charge in [0, 0.05) is 30.5 Å². The predicted octanol–water partition coefficient (Wildman–Crippen LogP) is 2.76. The number of hydrogen-bond donors (Lipinski definition) is 1. The molecule has 0 radical (unpaired) electrons. The van der Waals surface area contributed by atoms with Crippen LogP contribution in [0.2, 0.25) is 0 Å². The summed E-state index contributed by atoms with van der Waals surface area (Å²) in [7, 11) is 4.04. The van der Waals surface area contributed by atoms with Crippen molar-refractivity contribution in [1.29, 1.82) is 0 Å². The molecule has 2 heterocycles. The van der Waals surface area contributed by atoms with Gasteiger partial charge in [0.05, 0.1) is 12.2 Å². The Kier molecular flexibility index (Phi) is 4.91. The first-order valence-electron chi connectivity index (χ1n) is 7.26. The molecule has 0 saturated heterocycles. The summed E-state index contributed by atoms with van der Waals surface area (Å²) in [5.74, 6) is 1.03. The molecule has 0 bridgehead atoms. The van der Waals surface area contributed by atoms with Gasteiger partial charge in [0.2, 0.25) is 0 Å². The molecule has 0 fully saturated rings. The van der Waals surface area contributed by atoms with Crippen LogP contribution in [0, 0.1) is 20.8 Å². The van der Waals surface area contributed by atoms with Crippen LogP contribution in [0.3, 0.4) is 0 Å². The summed E-state index contributed by atoms with van der Waals surface area (Å²) in [6.45, 7) is 7.78. The van der Waals surface area contributed by atoms with Crippen molar-refractivity contribution in [2.75, 3.05) is 19.0 Å². The third kappa shape index (κ3) is 3.79. The smallest absolute Gasteiger partial charge is 0.133 e. The van der Waals surface area contributed by atoms with Crippen molar-refractivity contribution >= 4 is 5.82 Å². The van der Waals surface area contributed by atoms with Gasteiger partial charge in [-0.15, -0.1) is 0 Å². The van der Waals surface area contributed by atoms with Gasteiger partial charge in [-0.1, -0.05) is 6.07 Å². The molecule has 1 N–H and O–H groups in total. The van der Waals surface area contributed by atoms with E-state index in [0.717, 1.165) is 36.0 Å². The molecule has 0 aliphatic heterocycles. The van der Waals surface area contributed by atoms with Gasteiger partial charge < -0.3 is 10.2 Å². The molecule has 0 aliphatic rings. The van der Waals surface area contributed by atoms with Gasteiger partial charge >= 0.3 is 0 Å². The Balaban J connectivity index is 2.31. The second kappa shape index (κ2) is 6.68. The van der Waals surface area contributed by atoms with E-state index in [1.165, 1.54) is 11.1 Å². The highest BCUT2D eigenvalue weighted by atomic mass is 15.2. The zero-order chi connectivity index (χ0) is 15.4. The molecule has 112 valence electrons. The molecule has 2 aromatic heterocycles. The van der Waals surface area contributed by atoms with E-state index < -0.39 is 0 Å². The molecule has 0 aromatic carbocycles. The van der Waals surface area contributed by atoms with Crippen LogP contribution in [0.15, 0.2) is 24.3 Å². The lowest BCUT2D eigenvalue weighted by molar-refractivity contribution is 0.781. The van der Waals surface area contributed by atoms with Gasteiger partial charge in [-0.25, -0.2) is 4.98 Å². The van der Waals surface area contributed by atoms with Crippen molar-refractivity contribution in [1.82, 2.24) is 15.3 Å². The lowest BCUT2D eigenvalue weighted by Crippen LogP contribution is -2.22. The lowest BCUT2D eigenvalue weighted by Gasteiger charge is -2.23. The van der Waals surface area contributed by atoms with Crippen LogP contribution in [0.1, 0.15) is 28.2 Å². The molecular formula is C17H24N4. The largest absolute Gasteiger partial charge is 0.353 e. The minimum Gasteiger partial charge on any atom is -0.353 e. The van der Waals surface area contributed by atoms with E-state index >= 15 is 0 Å². The normalized spacial score (nSPS) is 10.7. The highest BCUT2D eigenvalue weighted by molar-refractivity contribution is 5.51. The van der Waals surface area contributed by atoms with E-state index in [0.29, 0.717) is 0 Å².